The van der Waals surface area contributed by atoms with Crippen LogP contribution in [0.2, 0.25) is 5.02 Å². The van der Waals surface area contributed by atoms with Crippen LogP contribution in [0.5, 0.6) is 11.5 Å². The van der Waals surface area contributed by atoms with Crippen molar-refractivity contribution in [1.82, 2.24) is 4.90 Å². The number of rotatable bonds is 5. The van der Waals surface area contributed by atoms with E-state index in [4.69, 9.17) is 21.1 Å². The van der Waals surface area contributed by atoms with Crippen LogP contribution in [0.25, 0.3) is 6.08 Å². The fraction of sp³-hybridized carbons (Fsp3) is 0.238. The highest BCUT2D eigenvalue weighted by Crippen LogP contribution is 2.37. The molecule has 1 aliphatic rings. The van der Waals surface area contributed by atoms with E-state index >= 15 is 0 Å². The van der Waals surface area contributed by atoms with Crippen molar-refractivity contribution in [3.05, 3.63) is 52.1 Å². The van der Waals surface area contributed by atoms with Gasteiger partial charge in [0.2, 0.25) is 0 Å². The number of hydrogen-bond donors (Lipinski definition) is 3. The van der Waals surface area contributed by atoms with Crippen molar-refractivity contribution in [2.75, 3.05) is 38.9 Å². The molecule has 3 N–H and O–H groups in total. The number of halogens is 1. The van der Waals surface area contributed by atoms with Crippen LogP contribution in [0, 0.1) is 0 Å². The van der Waals surface area contributed by atoms with E-state index in [0.29, 0.717) is 28.3 Å². The first-order chi connectivity index (χ1) is 14.2. The maximum atomic E-state index is 12.8. The van der Waals surface area contributed by atoms with Crippen LogP contribution in [0.15, 0.2) is 35.9 Å². The van der Waals surface area contributed by atoms with E-state index in [-0.39, 0.29) is 22.2 Å². The number of fused-ring (bicyclic) bond motifs is 1. The van der Waals surface area contributed by atoms with Gasteiger partial charge in [0, 0.05) is 37.0 Å². The second kappa shape index (κ2) is 8.64. The highest BCUT2D eigenvalue weighted by atomic mass is 35.5. The van der Waals surface area contributed by atoms with Crippen LogP contribution in [0.1, 0.15) is 15.9 Å². The number of benzene rings is 2. The number of amides is 2. The molecule has 9 heteroatoms. The molecule has 0 radical (unpaired) electrons. The summed E-state index contributed by atoms with van der Waals surface area (Å²) < 4.78 is 10.6. The summed E-state index contributed by atoms with van der Waals surface area (Å²) in [5.74, 6) is 0.192. The Morgan fingerprint density at radius 3 is 2.43 bits per heavy atom. The smallest absolute Gasteiger partial charge is 0.256 e. The fourth-order valence-electron chi connectivity index (χ4n) is 3.01. The van der Waals surface area contributed by atoms with Gasteiger partial charge in [-0.3, -0.25) is 9.59 Å². The number of aliphatic hydroxyl groups is 1. The molecule has 1 aliphatic heterocycles. The molecule has 30 heavy (non-hydrogen) atoms. The van der Waals surface area contributed by atoms with Crippen molar-refractivity contribution < 1.29 is 24.2 Å². The van der Waals surface area contributed by atoms with Gasteiger partial charge in [0.15, 0.2) is 17.7 Å². The molecule has 2 amide bonds. The molecule has 0 saturated carbocycles. The number of ether oxygens (including phenoxy) is 2. The number of carbonyl (C=O) groups excluding carboxylic acids is 2. The Morgan fingerprint density at radius 2 is 1.80 bits per heavy atom. The summed E-state index contributed by atoms with van der Waals surface area (Å²) in [6.07, 6.45) is 0.303. The summed E-state index contributed by atoms with van der Waals surface area (Å²) in [5, 5.41) is 16.2. The van der Waals surface area contributed by atoms with Crippen molar-refractivity contribution >= 4 is 40.9 Å². The molecule has 1 unspecified atom stereocenters. The number of hydrogen-bond acceptors (Lipinski definition) is 6. The minimum Gasteiger partial charge on any atom is -0.493 e. The maximum absolute atomic E-state index is 12.8. The van der Waals surface area contributed by atoms with E-state index in [1.165, 1.54) is 31.3 Å². The van der Waals surface area contributed by atoms with Crippen LogP contribution >= 0.6 is 11.6 Å². The van der Waals surface area contributed by atoms with E-state index in [1.807, 2.05) is 0 Å². The first-order valence-corrected chi connectivity index (χ1v) is 9.37. The molecule has 1 atom stereocenters. The summed E-state index contributed by atoms with van der Waals surface area (Å²) in [7, 11) is 6.28. The van der Waals surface area contributed by atoms with Gasteiger partial charge in [-0.05, 0) is 30.3 Å². The standard InChI is InChI=1S/C21H22ClN3O5/c1-25(2)21(28)11-5-6-14(22)16(8-11)24-20(27)13-7-12-9-17(29-3)18(30-4)10-15(12)23-19(13)26/h5-10,19,23,26H,1-4H3,(H,24,27). The molecular formula is C21H22ClN3O5. The molecule has 0 fully saturated rings. The molecule has 1 heterocycles. The van der Waals surface area contributed by atoms with Crippen molar-refractivity contribution in [2.24, 2.45) is 0 Å². The lowest BCUT2D eigenvalue weighted by Crippen LogP contribution is -2.32. The molecule has 0 spiro atoms. The molecule has 0 aromatic heterocycles. The van der Waals surface area contributed by atoms with Crippen molar-refractivity contribution in [3.63, 3.8) is 0 Å². The average molecular weight is 432 g/mol. The number of aliphatic hydroxyl groups excluding tert-OH is 1. The summed E-state index contributed by atoms with van der Waals surface area (Å²) in [5.41, 5.74) is 1.95. The molecular weight excluding hydrogens is 410 g/mol. The second-order valence-corrected chi connectivity index (χ2v) is 7.20. The fourth-order valence-corrected chi connectivity index (χ4v) is 3.17. The highest BCUT2D eigenvalue weighted by Gasteiger charge is 2.26. The summed E-state index contributed by atoms with van der Waals surface area (Å²) in [6.45, 7) is 0. The average Bonchev–Trinajstić information content (AvgIpc) is 2.73. The number of carbonyl (C=O) groups is 2. The van der Waals surface area contributed by atoms with E-state index in [2.05, 4.69) is 10.6 Å². The number of nitrogens with zero attached hydrogens (tertiary/aromatic N) is 1. The monoisotopic (exact) mass is 431 g/mol. The first kappa shape index (κ1) is 21.5. The maximum Gasteiger partial charge on any atom is 0.256 e. The van der Waals surface area contributed by atoms with Gasteiger partial charge < -0.3 is 30.1 Å². The van der Waals surface area contributed by atoms with Gasteiger partial charge in [0.05, 0.1) is 30.5 Å². The second-order valence-electron chi connectivity index (χ2n) is 6.79. The Morgan fingerprint density at radius 1 is 1.13 bits per heavy atom. The summed E-state index contributed by atoms with van der Waals surface area (Å²) >= 11 is 6.19. The van der Waals surface area contributed by atoms with Crippen molar-refractivity contribution in [3.8, 4) is 11.5 Å². The lowest BCUT2D eigenvalue weighted by atomic mass is 10.0. The quantitative estimate of drug-likeness (QED) is 0.673. The molecule has 8 nitrogen and oxygen atoms in total. The van der Waals surface area contributed by atoms with E-state index in [1.54, 1.807) is 38.4 Å². The van der Waals surface area contributed by atoms with Gasteiger partial charge in [-0.2, -0.15) is 0 Å². The Labute approximate surface area is 179 Å². The van der Waals surface area contributed by atoms with Gasteiger partial charge in [0.1, 0.15) is 0 Å². The molecule has 0 aliphatic carbocycles. The minimum atomic E-state index is -1.25. The summed E-state index contributed by atoms with van der Waals surface area (Å²) in [6, 6.07) is 7.98. The van der Waals surface area contributed by atoms with Gasteiger partial charge >= 0.3 is 0 Å². The molecule has 3 rings (SSSR count). The van der Waals surface area contributed by atoms with Crippen LogP contribution < -0.4 is 20.1 Å². The minimum absolute atomic E-state index is 0.0788. The SMILES string of the molecule is COc1cc2c(cc1OC)NC(O)C(C(=O)Nc1cc(C(=O)N(C)C)ccc1Cl)=C2. The van der Waals surface area contributed by atoms with E-state index in [9.17, 15) is 14.7 Å². The van der Waals surface area contributed by atoms with Crippen molar-refractivity contribution in [2.45, 2.75) is 6.23 Å². The highest BCUT2D eigenvalue weighted by molar-refractivity contribution is 6.34. The van der Waals surface area contributed by atoms with Crippen LogP contribution in [-0.4, -0.2) is 56.4 Å². The zero-order chi connectivity index (χ0) is 22.0. The third kappa shape index (κ3) is 4.19. The van der Waals surface area contributed by atoms with Crippen molar-refractivity contribution in [1.29, 1.82) is 0 Å². The van der Waals surface area contributed by atoms with Crippen LogP contribution in [0.3, 0.4) is 0 Å². The largest absolute Gasteiger partial charge is 0.493 e. The zero-order valence-corrected chi connectivity index (χ0v) is 17.7. The molecule has 158 valence electrons. The lowest BCUT2D eigenvalue weighted by molar-refractivity contribution is -0.113. The van der Waals surface area contributed by atoms with Crippen LogP contribution in [-0.2, 0) is 4.79 Å². The summed E-state index contributed by atoms with van der Waals surface area (Å²) in [4.78, 5) is 26.4. The normalized spacial score (nSPS) is 14.7. The van der Waals surface area contributed by atoms with Gasteiger partial charge in [-0.25, -0.2) is 0 Å². The Balaban J connectivity index is 1.91. The molecule has 0 bridgehead atoms. The molecule has 2 aromatic rings. The predicted octanol–water partition coefficient (Wildman–Crippen LogP) is 2.83. The topological polar surface area (TPSA) is 100 Å². The first-order valence-electron chi connectivity index (χ1n) is 9.00. The Hall–Kier alpha value is -3.23. The molecule has 0 saturated heterocycles. The Bertz CT molecular complexity index is 1040. The number of anilines is 2. The van der Waals surface area contributed by atoms with Crippen LogP contribution in [0.4, 0.5) is 11.4 Å². The van der Waals surface area contributed by atoms with Gasteiger partial charge in [0.25, 0.3) is 11.8 Å². The van der Waals surface area contributed by atoms with E-state index in [0.717, 1.165) is 0 Å². The lowest BCUT2D eigenvalue weighted by Gasteiger charge is -2.25. The van der Waals surface area contributed by atoms with Gasteiger partial charge in [-0.15, -0.1) is 0 Å². The van der Waals surface area contributed by atoms with Gasteiger partial charge in [-0.1, -0.05) is 11.6 Å². The predicted molar refractivity (Wildman–Crippen MR) is 115 cm³/mol. The third-order valence-electron chi connectivity index (χ3n) is 4.58. The number of nitrogens with one attached hydrogen (secondary N) is 2. The molecule has 2 aromatic carbocycles. The zero-order valence-electron chi connectivity index (χ0n) is 16.9. The number of methoxy groups -OCH3 is 2. The third-order valence-corrected chi connectivity index (χ3v) is 4.91. The Kier molecular flexibility index (Phi) is 6.19. The van der Waals surface area contributed by atoms with E-state index < -0.39 is 12.1 Å².